The second-order valence-electron chi connectivity index (χ2n) is 8.93. The third-order valence-electron chi connectivity index (χ3n) is 7.31. The predicted molar refractivity (Wildman–Crippen MR) is 94.0 cm³/mol. The fraction of sp³-hybridized carbons (Fsp3) is 0.762. The first-order chi connectivity index (χ1) is 10.4. The van der Waals surface area contributed by atoms with Crippen molar-refractivity contribution in [2.45, 2.75) is 65.8 Å². The molecule has 22 heavy (non-hydrogen) atoms. The van der Waals surface area contributed by atoms with Gasteiger partial charge in [0, 0.05) is 12.3 Å². The van der Waals surface area contributed by atoms with E-state index in [4.69, 9.17) is 0 Å². The van der Waals surface area contributed by atoms with Crippen LogP contribution in [0, 0.1) is 42.6 Å². The molecule has 124 valence electrons. The van der Waals surface area contributed by atoms with E-state index in [9.17, 15) is 0 Å². The number of nitrogens with two attached hydrogens (primary N) is 1. The lowest BCUT2D eigenvalue weighted by Gasteiger charge is -2.59. The highest BCUT2D eigenvalue weighted by atomic mass is 15.0. The van der Waals surface area contributed by atoms with Crippen LogP contribution in [0.4, 0.5) is 0 Å². The highest BCUT2D eigenvalue weighted by Crippen LogP contribution is 2.58. The molecule has 0 saturated heterocycles. The van der Waals surface area contributed by atoms with Gasteiger partial charge < -0.3 is 5.32 Å². The Hall–Kier alpha value is -0.560. The molecule has 0 unspecified atom stereocenters. The summed E-state index contributed by atoms with van der Waals surface area (Å²) < 4.78 is 0. The van der Waals surface area contributed by atoms with Gasteiger partial charge in [-0.25, -0.2) is 0 Å². The van der Waals surface area contributed by atoms with Gasteiger partial charge in [-0.1, -0.05) is 30.2 Å². The summed E-state index contributed by atoms with van der Waals surface area (Å²) in [5.41, 5.74) is 3.52. The zero-order valence-electron chi connectivity index (χ0n) is 15.2. The highest BCUT2D eigenvalue weighted by molar-refractivity contribution is 5.22. The smallest absolute Gasteiger partial charge is 0.0729 e. The van der Waals surface area contributed by atoms with Gasteiger partial charge >= 0.3 is 0 Å². The molecule has 2 saturated carbocycles. The molecule has 0 heterocycles. The molecule has 3 aliphatic rings. The first-order valence-corrected chi connectivity index (χ1v) is 9.32. The minimum absolute atomic E-state index is 0.350. The van der Waals surface area contributed by atoms with Crippen molar-refractivity contribution in [2.75, 3.05) is 0 Å². The quantitative estimate of drug-likeness (QED) is 0.577. The van der Waals surface area contributed by atoms with Crippen molar-refractivity contribution in [3.63, 3.8) is 0 Å². The summed E-state index contributed by atoms with van der Waals surface area (Å²) in [6.07, 6.45) is 10.6. The van der Waals surface area contributed by atoms with Crippen molar-refractivity contribution in [3.05, 3.63) is 30.3 Å². The first kappa shape index (κ1) is 16.3. The average Bonchev–Trinajstić information content (AvgIpc) is 2.45. The summed E-state index contributed by atoms with van der Waals surface area (Å²) in [5.74, 6) is 5.05. The van der Waals surface area contributed by atoms with Gasteiger partial charge in [0.15, 0.2) is 0 Å². The monoisotopic (exact) mass is 301 g/mol. The van der Waals surface area contributed by atoms with Crippen molar-refractivity contribution in [1.82, 2.24) is 0 Å². The third-order valence-corrected chi connectivity index (χ3v) is 7.31. The lowest BCUT2D eigenvalue weighted by Crippen LogP contribution is -2.94. The Bertz CT molecular complexity index is 484. The van der Waals surface area contributed by atoms with Crippen LogP contribution < -0.4 is 5.32 Å². The SMILES string of the molecule is [CH2-][NH2+][C@@]1(C)CC[C@H]2[C@H]3[C@@H](C(C)=CC[C@@H]31)[C@H](C=C(C)C)C[C@@H]2C. The van der Waals surface area contributed by atoms with E-state index in [-0.39, 0.29) is 0 Å². The maximum Gasteiger partial charge on any atom is 0.0729 e. The molecule has 0 amide bonds. The minimum Gasteiger partial charge on any atom is -0.474 e. The molecule has 0 radical (unpaired) electrons. The van der Waals surface area contributed by atoms with Crippen molar-refractivity contribution < 1.29 is 5.32 Å². The molecule has 0 aromatic heterocycles. The van der Waals surface area contributed by atoms with Gasteiger partial charge in [-0.15, -0.1) is 0 Å². The summed E-state index contributed by atoms with van der Waals surface area (Å²) in [4.78, 5) is 0. The van der Waals surface area contributed by atoms with Crippen LogP contribution >= 0.6 is 0 Å². The Morgan fingerprint density at radius 2 is 2.14 bits per heavy atom. The number of hydrogen-bond donors (Lipinski definition) is 1. The Morgan fingerprint density at radius 3 is 2.77 bits per heavy atom. The largest absolute Gasteiger partial charge is 0.474 e. The molecular weight excluding hydrogens is 266 g/mol. The van der Waals surface area contributed by atoms with E-state index >= 15 is 0 Å². The lowest BCUT2D eigenvalue weighted by atomic mass is 9.47. The summed E-state index contributed by atoms with van der Waals surface area (Å²) in [6.45, 7) is 11.9. The van der Waals surface area contributed by atoms with Crippen LogP contribution in [0.3, 0.4) is 0 Å². The Kier molecular flexibility index (Phi) is 4.31. The Morgan fingerprint density at radius 1 is 1.41 bits per heavy atom. The summed E-state index contributed by atoms with van der Waals surface area (Å²) >= 11 is 0. The lowest BCUT2D eigenvalue weighted by molar-refractivity contribution is -0.687. The molecule has 3 aliphatic carbocycles. The van der Waals surface area contributed by atoms with Crippen molar-refractivity contribution in [1.29, 1.82) is 0 Å². The van der Waals surface area contributed by atoms with Crippen LogP contribution in [0.2, 0.25) is 0 Å². The van der Waals surface area contributed by atoms with E-state index < -0.39 is 0 Å². The summed E-state index contributed by atoms with van der Waals surface area (Å²) in [7, 11) is 4.21. The molecule has 2 N–H and O–H groups in total. The van der Waals surface area contributed by atoms with E-state index in [1.54, 1.807) is 5.57 Å². The molecule has 7 atom stereocenters. The maximum atomic E-state index is 4.21. The number of rotatable bonds is 2. The molecule has 3 rings (SSSR count). The second kappa shape index (κ2) is 5.82. The summed E-state index contributed by atoms with van der Waals surface area (Å²) in [6, 6.07) is 0. The maximum absolute atomic E-state index is 4.21. The van der Waals surface area contributed by atoms with E-state index in [0.29, 0.717) is 5.54 Å². The molecule has 0 spiro atoms. The molecule has 2 fully saturated rings. The topological polar surface area (TPSA) is 16.6 Å². The normalized spacial score (nSPS) is 47.5. The van der Waals surface area contributed by atoms with Gasteiger partial charge in [-0.3, -0.25) is 0 Å². The van der Waals surface area contributed by atoms with Crippen LogP contribution in [0.1, 0.15) is 60.3 Å². The minimum atomic E-state index is 0.350. The average molecular weight is 302 g/mol. The molecule has 0 aromatic rings. The molecule has 0 bridgehead atoms. The van der Waals surface area contributed by atoms with Crippen LogP contribution in [-0.4, -0.2) is 5.54 Å². The zero-order chi connectivity index (χ0) is 16.1. The molecule has 0 aliphatic heterocycles. The molecule has 0 aromatic carbocycles. The van der Waals surface area contributed by atoms with E-state index in [2.05, 4.69) is 59.1 Å². The van der Waals surface area contributed by atoms with E-state index in [0.717, 1.165) is 35.5 Å². The highest BCUT2D eigenvalue weighted by Gasteiger charge is 2.55. The van der Waals surface area contributed by atoms with Crippen molar-refractivity contribution >= 4 is 0 Å². The van der Waals surface area contributed by atoms with E-state index in [1.807, 2.05) is 0 Å². The van der Waals surface area contributed by atoms with Crippen LogP contribution in [0.15, 0.2) is 23.3 Å². The van der Waals surface area contributed by atoms with Gasteiger partial charge in [0.25, 0.3) is 0 Å². The number of allylic oxidation sites excluding steroid dienone is 4. The van der Waals surface area contributed by atoms with Gasteiger partial charge in [-0.2, -0.15) is 7.05 Å². The van der Waals surface area contributed by atoms with Gasteiger partial charge in [-0.05, 0) is 76.5 Å². The zero-order valence-corrected chi connectivity index (χ0v) is 15.2. The van der Waals surface area contributed by atoms with Gasteiger partial charge in [0.2, 0.25) is 0 Å². The van der Waals surface area contributed by atoms with Gasteiger partial charge in [0.05, 0.1) is 5.54 Å². The number of hydrogen-bond acceptors (Lipinski definition) is 0. The Balaban J connectivity index is 2.02. The van der Waals surface area contributed by atoms with Crippen LogP contribution in [0.5, 0.6) is 0 Å². The van der Waals surface area contributed by atoms with Gasteiger partial charge in [0.1, 0.15) is 0 Å². The second-order valence-corrected chi connectivity index (χ2v) is 8.93. The molecule has 1 nitrogen and oxygen atoms in total. The first-order valence-electron chi connectivity index (χ1n) is 9.32. The number of quaternary nitrogens is 1. The fourth-order valence-electron chi connectivity index (χ4n) is 6.18. The predicted octanol–water partition coefficient (Wildman–Crippen LogP) is 4.33. The van der Waals surface area contributed by atoms with Crippen LogP contribution in [-0.2, 0) is 0 Å². The van der Waals surface area contributed by atoms with E-state index in [1.165, 1.54) is 31.3 Å². The third kappa shape index (κ3) is 2.50. The standard InChI is InChI=1S/C21H35N/c1-13(2)11-16-12-15(4)17-9-10-21(5,22-6)18-8-7-14(3)19(16)20(17)18/h7,11,15-20H,6,8-10,12,22H2,1-5H3/t15-,16+,17+,18-,19-,20+,21-/m0/s1. The fourth-order valence-corrected chi connectivity index (χ4v) is 6.18. The van der Waals surface area contributed by atoms with Crippen molar-refractivity contribution in [2.24, 2.45) is 35.5 Å². The van der Waals surface area contributed by atoms with Crippen molar-refractivity contribution in [3.8, 4) is 0 Å². The Labute approximate surface area is 137 Å². The van der Waals surface area contributed by atoms with Crippen LogP contribution in [0.25, 0.3) is 0 Å². The molecular formula is C21H35N. The summed E-state index contributed by atoms with van der Waals surface area (Å²) in [5, 5.41) is 2.29. The molecule has 1 heteroatoms.